The maximum Gasteiger partial charge on any atom is 0.246 e. The molecule has 9 heteroatoms. The molecule has 1 fully saturated rings. The van der Waals surface area contributed by atoms with E-state index in [0.717, 1.165) is 21.7 Å². The summed E-state index contributed by atoms with van der Waals surface area (Å²) in [5.74, 6) is 1.37. The van der Waals surface area contributed by atoms with E-state index in [-0.39, 0.29) is 37.6 Å². The number of carbonyl (C=O) groups excluding carboxylic acids is 3. The van der Waals surface area contributed by atoms with Gasteiger partial charge in [-0.25, -0.2) is 4.98 Å². The number of hydrogen-bond acceptors (Lipinski definition) is 6. The summed E-state index contributed by atoms with van der Waals surface area (Å²) in [7, 11) is 0. The summed E-state index contributed by atoms with van der Waals surface area (Å²) in [6.07, 6.45) is 4.96. The summed E-state index contributed by atoms with van der Waals surface area (Å²) in [6.45, 7) is 7.83. The number of carbonyl (C=O) groups is 3. The number of likely N-dealkylation sites (tertiary alicyclic amines) is 1. The molecule has 2 aromatic rings. The first-order valence-corrected chi connectivity index (χ1v) is 12.9. The molecule has 2 heterocycles. The van der Waals surface area contributed by atoms with E-state index < -0.39 is 29.5 Å². The van der Waals surface area contributed by atoms with Crippen molar-refractivity contribution in [1.29, 1.82) is 0 Å². The summed E-state index contributed by atoms with van der Waals surface area (Å²) < 4.78 is 0. The Morgan fingerprint density at radius 3 is 2.56 bits per heavy atom. The van der Waals surface area contributed by atoms with Crippen LogP contribution in [0.5, 0.6) is 0 Å². The third-order valence-corrected chi connectivity index (χ3v) is 7.19. The van der Waals surface area contributed by atoms with Crippen LogP contribution in [0.15, 0.2) is 29.8 Å². The highest BCUT2D eigenvalue weighted by atomic mass is 32.1. The van der Waals surface area contributed by atoms with Crippen molar-refractivity contribution in [2.75, 3.05) is 6.54 Å². The van der Waals surface area contributed by atoms with E-state index in [4.69, 9.17) is 6.42 Å². The second-order valence-electron chi connectivity index (χ2n) is 10.1. The van der Waals surface area contributed by atoms with Crippen molar-refractivity contribution in [2.45, 2.75) is 71.7 Å². The van der Waals surface area contributed by atoms with Gasteiger partial charge in [-0.15, -0.1) is 23.7 Å². The average molecular weight is 511 g/mol. The van der Waals surface area contributed by atoms with E-state index in [1.165, 1.54) is 4.90 Å². The van der Waals surface area contributed by atoms with Gasteiger partial charge in [-0.3, -0.25) is 14.4 Å². The van der Waals surface area contributed by atoms with Crippen molar-refractivity contribution >= 4 is 29.1 Å². The Labute approximate surface area is 216 Å². The van der Waals surface area contributed by atoms with Gasteiger partial charge < -0.3 is 20.6 Å². The summed E-state index contributed by atoms with van der Waals surface area (Å²) in [5, 5.41) is 16.0. The minimum Gasteiger partial charge on any atom is -0.391 e. The van der Waals surface area contributed by atoms with E-state index in [1.54, 1.807) is 11.3 Å². The standard InChI is InChI=1S/C27H34N4O4S/c1-6-7-8-22(33)30-24(27(3,4)5)26(35)31-15-20(32)13-21(31)25(34)28-14-18-9-11-19(12-10-18)23-17(2)29-16-36-23/h1,9-12,16,20-21,24,32H,7-8,13-15H2,2-5H3,(H,28,34)(H,30,33). The van der Waals surface area contributed by atoms with Gasteiger partial charge in [0.2, 0.25) is 17.7 Å². The van der Waals surface area contributed by atoms with Crippen molar-refractivity contribution < 1.29 is 19.5 Å². The van der Waals surface area contributed by atoms with Gasteiger partial charge in [0.1, 0.15) is 12.1 Å². The maximum absolute atomic E-state index is 13.5. The molecule has 0 spiro atoms. The number of nitrogens with zero attached hydrogens (tertiary/aromatic N) is 2. The van der Waals surface area contributed by atoms with Crippen LogP contribution >= 0.6 is 11.3 Å². The first-order chi connectivity index (χ1) is 17.0. The van der Waals surface area contributed by atoms with E-state index in [9.17, 15) is 19.5 Å². The number of aromatic nitrogens is 1. The number of hydrogen-bond donors (Lipinski definition) is 3. The molecule has 36 heavy (non-hydrogen) atoms. The number of nitrogens with one attached hydrogen (secondary N) is 2. The number of terminal acetylenes is 1. The summed E-state index contributed by atoms with van der Waals surface area (Å²) in [6, 6.07) is 6.21. The van der Waals surface area contributed by atoms with E-state index in [1.807, 2.05) is 57.5 Å². The summed E-state index contributed by atoms with van der Waals surface area (Å²) >= 11 is 1.58. The molecule has 8 nitrogen and oxygen atoms in total. The van der Waals surface area contributed by atoms with Crippen LogP contribution in [0.1, 0.15) is 51.3 Å². The second-order valence-corrected chi connectivity index (χ2v) is 11.0. The molecule has 0 radical (unpaired) electrons. The average Bonchev–Trinajstić information content (AvgIpc) is 3.44. The minimum absolute atomic E-state index is 0.0343. The highest BCUT2D eigenvalue weighted by Gasteiger charge is 2.44. The van der Waals surface area contributed by atoms with Crippen LogP contribution in [0.2, 0.25) is 0 Å². The van der Waals surface area contributed by atoms with Gasteiger partial charge in [-0.1, -0.05) is 45.0 Å². The van der Waals surface area contributed by atoms with Gasteiger partial charge in [0.15, 0.2) is 0 Å². The fourth-order valence-electron chi connectivity index (χ4n) is 4.20. The minimum atomic E-state index is -0.855. The number of rotatable bonds is 8. The van der Waals surface area contributed by atoms with Crippen molar-refractivity contribution in [1.82, 2.24) is 20.5 Å². The third-order valence-electron chi connectivity index (χ3n) is 6.21. The van der Waals surface area contributed by atoms with Crippen LogP contribution < -0.4 is 10.6 Å². The lowest BCUT2D eigenvalue weighted by Crippen LogP contribution is -2.57. The van der Waals surface area contributed by atoms with Gasteiger partial charge >= 0.3 is 0 Å². The molecular weight excluding hydrogens is 476 g/mol. The molecule has 1 aliphatic rings. The SMILES string of the molecule is C#CCCC(=O)NC(C(=O)N1CC(O)CC1C(=O)NCc1ccc(-c2scnc2C)cc1)C(C)(C)C. The highest BCUT2D eigenvalue weighted by Crippen LogP contribution is 2.28. The molecule has 0 bridgehead atoms. The van der Waals surface area contributed by atoms with Gasteiger partial charge in [-0.2, -0.15) is 0 Å². The van der Waals surface area contributed by atoms with Crippen LogP contribution in [-0.2, 0) is 20.9 Å². The largest absolute Gasteiger partial charge is 0.391 e. The molecule has 0 saturated carbocycles. The number of aryl methyl sites for hydroxylation is 1. The van der Waals surface area contributed by atoms with Crippen molar-refractivity contribution in [3.8, 4) is 22.8 Å². The van der Waals surface area contributed by atoms with Crippen molar-refractivity contribution in [3.63, 3.8) is 0 Å². The zero-order valence-electron chi connectivity index (χ0n) is 21.2. The van der Waals surface area contributed by atoms with Crippen LogP contribution in [0.4, 0.5) is 0 Å². The van der Waals surface area contributed by atoms with E-state index >= 15 is 0 Å². The zero-order chi connectivity index (χ0) is 26.5. The maximum atomic E-state index is 13.5. The fraction of sp³-hybridized carbons (Fsp3) is 0.481. The van der Waals surface area contributed by atoms with Crippen LogP contribution in [0, 0.1) is 24.7 Å². The molecule has 3 rings (SSSR count). The number of amides is 3. The Bertz CT molecular complexity index is 1130. The quantitative estimate of drug-likeness (QED) is 0.473. The zero-order valence-corrected chi connectivity index (χ0v) is 22.0. The first-order valence-electron chi connectivity index (χ1n) is 12.0. The number of aliphatic hydroxyl groups excluding tert-OH is 1. The fourth-order valence-corrected chi connectivity index (χ4v) is 5.01. The first kappa shape index (κ1) is 27.4. The van der Waals surface area contributed by atoms with Crippen molar-refractivity contribution in [2.24, 2.45) is 5.41 Å². The van der Waals surface area contributed by atoms with Gasteiger partial charge in [0, 0.05) is 32.4 Å². The lowest BCUT2D eigenvalue weighted by molar-refractivity contribution is -0.144. The van der Waals surface area contributed by atoms with Gasteiger partial charge in [0.25, 0.3) is 0 Å². The molecule has 1 saturated heterocycles. The Balaban J connectivity index is 1.67. The molecule has 3 atom stereocenters. The predicted molar refractivity (Wildman–Crippen MR) is 140 cm³/mol. The third kappa shape index (κ3) is 6.71. The van der Waals surface area contributed by atoms with Gasteiger partial charge in [0.05, 0.1) is 22.2 Å². The van der Waals surface area contributed by atoms with Crippen LogP contribution in [0.3, 0.4) is 0 Å². The van der Waals surface area contributed by atoms with Gasteiger partial charge in [-0.05, 0) is 23.5 Å². The molecule has 1 aromatic heterocycles. The number of aliphatic hydroxyl groups is 1. The Kier molecular flexibility index (Phi) is 8.88. The van der Waals surface area contributed by atoms with Crippen LogP contribution in [0.25, 0.3) is 10.4 Å². The molecule has 192 valence electrons. The van der Waals surface area contributed by atoms with Crippen LogP contribution in [-0.4, -0.2) is 57.4 Å². The molecular formula is C27H34N4O4S. The molecule has 3 N–H and O–H groups in total. The molecule has 1 aliphatic heterocycles. The Morgan fingerprint density at radius 2 is 1.97 bits per heavy atom. The second kappa shape index (κ2) is 11.7. The van der Waals surface area contributed by atoms with E-state index in [0.29, 0.717) is 6.54 Å². The molecule has 0 aliphatic carbocycles. The molecule has 3 amide bonds. The lowest BCUT2D eigenvalue weighted by Gasteiger charge is -2.35. The number of β-amino-alcohol motifs (C(OH)–C–C–N with tert-alkyl or cyclic N) is 1. The summed E-state index contributed by atoms with van der Waals surface area (Å²) in [4.78, 5) is 45.7. The predicted octanol–water partition coefficient (Wildman–Crippen LogP) is 2.64. The Morgan fingerprint density at radius 1 is 1.28 bits per heavy atom. The number of thiazole rings is 1. The smallest absolute Gasteiger partial charge is 0.246 e. The molecule has 1 aromatic carbocycles. The Hall–Kier alpha value is -3.22. The summed E-state index contributed by atoms with van der Waals surface area (Å²) in [5.41, 5.74) is 4.17. The monoisotopic (exact) mass is 510 g/mol. The molecule has 3 unspecified atom stereocenters. The van der Waals surface area contributed by atoms with E-state index in [2.05, 4.69) is 21.5 Å². The highest BCUT2D eigenvalue weighted by molar-refractivity contribution is 7.13. The topological polar surface area (TPSA) is 112 Å². The lowest BCUT2D eigenvalue weighted by atomic mass is 9.85. The number of benzene rings is 1. The van der Waals surface area contributed by atoms with Crippen molar-refractivity contribution in [3.05, 3.63) is 41.0 Å². The normalized spacial score (nSPS) is 18.4.